The fourth-order valence-electron chi connectivity index (χ4n) is 3.38. The number of hydrogen-bond donors (Lipinski definition) is 0. The van der Waals surface area contributed by atoms with Gasteiger partial charge in [0.2, 0.25) is 0 Å². The molecule has 30 heavy (non-hydrogen) atoms. The predicted molar refractivity (Wildman–Crippen MR) is 115 cm³/mol. The second kappa shape index (κ2) is 8.49. The minimum absolute atomic E-state index is 0.00641. The van der Waals surface area contributed by atoms with Crippen molar-refractivity contribution in [1.29, 1.82) is 0 Å². The Kier molecular flexibility index (Phi) is 5.78. The normalized spacial score (nSPS) is 14.2. The summed E-state index contributed by atoms with van der Waals surface area (Å²) in [6.07, 6.45) is 0. The molecule has 0 atom stereocenters. The van der Waals surface area contributed by atoms with Crippen LogP contribution in [-0.4, -0.2) is 54.4 Å². The van der Waals surface area contributed by atoms with Gasteiger partial charge in [-0.05, 0) is 30.0 Å². The summed E-state index contributed by atoms with van der Waals surface area (Å²) in [7, 11) is 0. The van der Waals surface area contributed by atoms with Crippen molar-refractivity contribution < 1.29 is 18.7 Å². The molecule has 4 rings (SSSR count). The number of halogens is 1. The lowest BCUT2D eigenvalue weighted by Crippen LogP contribution is -2.51. The fourth-order valence-corrected chi connectivity index (χ4v) is 4.29. The van der Waals surface area contributed by atoms with E-state index in [1.54, 1.807) is 28.9 Å². The number of nitrogens with zero attached hydrogens (tertiary/aromatic N) is 2. The van der Waals surface area contributed by atoms with Crippen LogP contribution in [0.3, 0.4) is 0 Å². The van der Waals surface area contributed by atoms with Crippen LogP contribution in [0.4, 0.5) is 0 Å². The molecule has 0 saturated carbocycles. The molecule has 156 valence electrons. The van der Waals surface area contributed by atoms with Crippen molar-refractivity contribution in [2.24, 2.45) is 0 Å². The van der Waals surface area contributed by atoms with Crippen LogP contribution in [0.25, 0.3) is 11.0 Å². The lowest BCUT2D eigenvalue weighted by Gasteiger charge is -2.34. The van der Waals surface area contributed by atoms with Gasteiger partial charge < -0.3 is 19.0 Å². The molecular weight excluding hydrogens is 428 g/mol. The number of hydrogen-bond acceptors (Lipinski definition) is 6. The zero-order valence-corrected chi connectivity index (χ0v) is 17.8. The van der Waals surface area contributed by atoms with Crippen LogP contribution in [0.15, 0.2) is 44.9 Å². The van der Waals surface area contributed by atoms with E-state index in [4.69, 9.17) is 20.8 Å². The third-order valence-corrected chi connectivity index (χ3v) is 6.16. The summed E-state index contributed by atoms with van der Waals surface area (Å²) in [4.78, 5) is 40.7. The number of thiophene rings is 1. The van der Waals surface area contributed by atoms with Gasteiger partial charge in [0.1, 0.15) is 11.3 Å². The lowest BCUT2D eigenvalue weighted by molar-refractivity contribution is -0.134. The minimum atomic E-state index is -0.459. The summed E-state index contributed by atoms with van der Waals surface area (Å²) in [5, 5.41) is 2.91. The first kappa shape index (κ1) is 20.4. The minimum Gasteiger partial charge on any atom is -0.482 e. The molecule has 7 nitrogen and oxygen atoms in total. The number of piperazine rings is 1. The van der Waals surface area contributed by atoms with E-state index in [0.29, 0.717) is 47.0 Å². The van der Waals surface area contributed by atoms with Gasteiger partial charge in [0, 0.05) is 43.7 Å². The second-order valence-electron chi connectivity index (χ2n) is 6.97. The standard InChI is InChI=1S/C21H19ClN2O5S/c1-13-9-20(26)29-16-11-17(15(22)10-14(13)16)28-12-19(25)23-4-6-24(7-5-23)21(27)18-3-2-8-30-18/h2-3,8-11H,4-7,12H2,1H3. The van der Waals surface area contributed by atoms with Crippen LogP contribution in [0.1, 0.15) is 15.2 Å². The van der Waals surface area contributed by atoms with Gasteiger partial charge in [-0.25, -0.2) is 4.79 Å². The van der Waals surface area contributed by atoms with Crippen molar-refractivity contribution in [3.05, 3.63) is 61.6 Å². The van der Waals surface area contributed by atoms with E-state index in [-0.39, 0.29) is 24.2 Å². The highest BCUT2D eigenvalue weighted by molar-refractivity contribution is 7.12. The van der Waals surface area contributed by atoms with Gasteiger partial charge in [-0.3, -0.25) is 9.59 Å². The number of aryl methyl sites for hydroxylation is 1. The molecule has 0 N–H and O–H groups in total. The first-order valence-electron chi connectivity index (χ1n) is 9.40. The Hall–Kier alpha value is -2.84. The van der Waals surface area contributed by atoms with Crippen LogP contribution < -0.4 is 10.4 Å². The number of benzene rings is 1. The molecule has 9 heteroatoms. The molecule has 0 spiro atoms. The van der Waals surface area contributed by atoms with E-state index < -0.39 is 5.63 Å². The lowest BCUT2D eigenvalue weighted by atomic mass is 10.1. The number of amides is 2. The maximum atomic E-state index is 12.5. The molecule has 2 aromatic heterocycles. The molecular formula is C21H19ClN2O5S. The van der Waals surface area contributed by atoms with Gasteiger partial charge in [0.05, 0.1) is 9.90 Å². The number of fused-ring (bicyclic) bond motifs is 1. The number of carbonyl (C=O) groups excluding carboxylic acids is 2. The molecule has 2 amide bonds. The molecule has 1 aliphatic heterocycles. The van der Waals surface area contributed by atoms with E-state index in [2.05, 4.69) is 0 Å². The van der Waals surface area contributed by atoms with Gasteiger partial charge in [-0.1, -0.05) is 17.7 Å². The van der Waals surface area contributed by atoms with Crippen molar-refractivity contribution in [1.82, 2.24) is 9.80 Å². The molecule has 0 aliphatic carbocycles. The Morgan fingerprint density at radius 1 is 1.17 bits per heavy atom. The fraction of sp³-hybridized carbons (Fsp3) is 0.286. The van der Waals surface area contributed by atoms with Crippen molar-refractivity contribution in [2.75, 3.05) is 32.8 Å². The Balaban J connectivity index is 1.37. The van der Waals surface area contributed by atoms with Gasteiger partial charge >= 0.3 is 5.63 Å². The largest absolute Gasteiger partial charge is 0.482 e. The van der Waals surface area contributed by atoms with Crippen molar-refractivity contribution in [3.8, 4) is 5.75 Å². The topological polar surface area (TPSA) is 80.1 Å². The van der Waals surface area contributed by atoms with E-state index >= 15 is 0 Å². The van der Waals surface area contributed by atoms with Crippen molar-refractivity contribution >= 4 is 45.7 Å². The second-order valence-corrected chi connectivity index (χ2v) is 8.32. The predicted octanol–water partition coefficient (Wildman–Crippen LogP) is 3.18. The molecule has 3 aromatic rings. The average Bonchev–Trinajstić information content (AvgIpc) is 3.27. The van der Waals surface area contributed by atoms with E-state index in [0.717, 1.165) is 5.56 Å². The molecule has 0 radical (unpaired) electrons. The summed E-state index contributed by atoms with van der Waals surface area (Å²) in [5.41, 5.74) is 0.646. The molecule has 3 heterocycles. The number of rotatable bonds is 4. The zero-order chi connectivity index (χ0) is 21.3. The highest BCUT2D eigenvalue weighted by Gasteiger charge is 2.25. The summed E-state index contributed by atoms with van der Waals surface area (Å²) in [6, 6.07) is 8.22. The Labute approximate surface area is 181 Å². The maximum absolute atomic E-state index is 12.5. The number of carbonyl (C=O) groups is 2. The van der Waals surface area contributed by atoms with Crippen LogP contribution in [0.2, 0.25) is 5.02 Å². The SMILES string of the molecule is Cc1cc(=O)oc2cc(OCC(=O)N3CCN(C(=O)c4cccs4)CC3)c(Cl)cc12. The van der Waals surface area contributed by atoms with E-state index in [1.165, 1.54) is 23.5 Å². The summed E-state index contributed by atoms with van der Waals surface area (Å²) in [5.74, 6) is 0.0749. The van der Waals surface area contributed by atoms with E-state index in [1.807, 2.05) is 11.4 Å². The Bertz CT molecular complexity index is 1150. The van der Waals surface area contributed by atoms with Gasteiger partial charge in [0.25, 0.3) is 11.8 Å². The molecule has 1 aliphatic rings. The highest BCUT2D eigenvalue weighted by atomic mass is 35.5. The molecule has 1 saturated heterocycles. The first-order chi connectivity index (χ1) is 14.4. The van der Waals surface area contributed by atoms with Crippen LogP contribution in [0, 0.1) is 6.92 Å². The molecule has 1 fully saturated rings. The smallest absolute Gasteiger partial charge is 0.336 e. The number of ether oxygens (including phenoxy) is 1. The average molecular weight is 447 g/mol. The summed E-state index contributed by atoms with van der Waals surface area (Å²) < 4.78 is 10.8. The van der Waals surface area contributed by atoms with Gasteiger partial charge in [-0.2, -0.15) is 0 Å². The molecule has 1 aromatic carbocycles. The Morgan fingerprint density at radius 3 is 2.60 bits per heavy atom. The highest BCUT2D eigenvalue weighted by Crippen LogP contribution is 2.31. The van der Waals surface area contributed by atoms with Gasteiger partial charge in [0.15, 0.2) is 6.61 Å². The zero-order valence-electron chi connectivity index (χ0n) is 16.2. The van der Waals surface area contributed by atoms with Crippen LogP contribution in [-0.2, 0) is 4.79 Å². The quantitative estimate of drug-likeness (QED) is 0.575. The van der Waals surface area contributed by atoms with Crippen molar-refractivity contribution in [3.63, 3.8) is 0 Å². The Morgan fingerprint density at radius 2 is 1.90 bits per heavy atom. The third kappa shape index (κ3) is 4.20. The first-order valence-corrected chi connectivity index (χ1v) is 10.7. The van der Waals surface area contributed by atoms with Crippen LogP contribution in [0.5, 0.6) is 5.75 Å². The van der Waals surface area contributed by atoms with Crippen LogP contribution >= 0.6 is 22.9 Å². The van der Waals surface area contributed by atoms with Gasteiger partial charge in [-0.15, -0.1) is 11.3 Å². The molecule has 0 bridgehead atoms. The molecule has 0 unspecified atom stereocenters. The summed E-state index contributed by atoms with van der Waals surface area (Å²) >= 11 is 7.68. The summed E-state index contributed by atoms with van der Waals surface area (Å²) in [6.45, 7) is 3.44. The maximum Gasteiger partial charge on any atom is 0.336 e. The van der Waals surface area contributed by atoms with Crippen molar-refractivity contribution in [2.45, 2.75) is 6.92 Å². The van der Waals surface area contributed by atoms with E-state index in [9.17, 15) is 14.4 Å². The monoisotopic (exact) mass is 446 g/mol. The third-order valence-electron chi connectivity index (χ3n) is 5.01.